The maximum Gasteiger partial charge on any atom is 0.222 e. The molecule has 1 aliphatic rings. The minimum atomic E-state index is -0.185. The summed E-state index contributed by atoms with van der Waals surface area (Å²) in [5.41, 5.74) is 6.05. The van der Waals surface area contributed by atoms with Gasteiger partial charge in [0, 0.05) is 12.5 Å². The molecule has 88 valence electrons. The minimum Gasteiger partial charge on any atom is -0.396 e. The smallest absolute Gasteiger partial charge is 0.222 e. The monoisotopic (exact) mass is 222 g/mol. The Kier molecular flexibility index (Phi) is 3.56. The molecule has 2 atom stereocenters. The van der Waals surface area contributed by atoms with E-state index >= 15 is 0 Å². The molecule has 1 aromatic rings. The van der Waals surface area contributed by atoms with Gasteiger partial charge in [-0.05, 0) is 12.8 Å². The quantitative estimate of drug-likeness (QED) is 0.711. The Labute approximate surface area is 95.1 Å². The molecule has 0 bridgehead atoms. The first-order valence-electron chi connectivity index (χ1n) is 5.75. The van der Waals surface area contributed by atoms with E-state index in [1.807, 2.05) is 0 Å². The van der Waals surface area contributed by atoms with Crippen molar-refractivity contribution in [3.8, 4) is 0 Å². The molecular formula is C11H18N4O. The maximum absolute atomic E-state index is 9.79. The van der Waals surface area contributed by atoms with Crippen LogP contribution in [0.1, 0.15) is 25.7 Å². The highest BCUT2D eigenvalue weighted by Gasteiger charge is 2.22. The summed E-state index contributed by atoms with van der Waals surface area (Å²) in [5.74, 6) is 0.891. The summed E-state index contributed by atoms with van der Waals surface area (Å²) >= 11 is 0. The van der Waals surface area contributed by atoms with E-state index in [0.717, 1.165) is 25.8 Å². The van der Waals surface area contributed by atoms with Crippen LogP contribution < -0.4 is 11.1 Å². The van der Waals surface area contributed by atoms with Crippen LogP contribution in [-0.2, 0) is 0 Å². The predicted molar refractivity (Wildman–Crippen MR) is 62.9 cm³/mol. The van der Waals surface area contributed by atoms with Gasteiger partial charge in [-0.3, -0.25) is 0 Å². The molecule has 0 amide bonds. The van der Waals surface area contributed by atoms with Crippen LogP contribution >= 0.6 is 0 Å². The van der Waals surface area contributed by atoms with Crippen LogP contribution in [-0.4, -0.2) is 27.7 Å². The zero-order valence-corrected chi connectivity index (χ0v) is 9.26. The molecule has 4 N–H and O–H groups in total. The van der Waals surface area contributed by atoms with E-state index in [1.54, 1.807) is 12.4 Å². The highest BCUT2D eigenvalue weighted by atomic mass is 16.3. The lowest BCUT2D eigenvalue weighted by molar-refractivity contribution is 0.0762. The first kappa shape index (κ1) is 11.1. The van der Waals surface area contributed by atoms with Crippen LogP contribution in [0.5, 0.6) is 0 Å². The Morgan fingerprint density at radius 2 is 2.00 bits per heavy atom. The third-order valence-electron chi connectivity index (χ3n) is 3.06. The fourth-order valence-electron chi connectivity index (χ4n) is 2.08. The van der Waals surface area contributed by atoms with Gasteiger partial charge in [0.15, 0.2) is 0 Å². The molecular weight excluding hydrogens is 204 g/mol. The van der Waals surface area contributed by atoms with Gasteiger partial charge in [0.05, 0.1) is 24.2 Å². The molecule has 1 heterocycles. The van der Waals surface area contributed by atoms with Gasteiger partial charge >= 0.3 is 0 Å². The highest BCUT2D eigenvalue weighted by Crippen LogP contribution is 2.24. The Morgan fingerprint density at radius 3 is 2.69 bits per heavy atom. The summed E-state index contributed by atoms with van der Waals surface area (Å²) in [6.45, 7) is 0.727. The lowest BCUT2D eigenvalue weighted by Crippen LogP contribution is -2.30. The van der Waals surface area contributed by atoms with Gasteiger partial charge < -0.3 is 16.2 Å². The van der Waals surface area contributed by atoms with Crippen molar-refractivity contribution >= 4 is 11.6 Å². The Balaban J connectivity index is 1.84. The van der Waals surface area contributed by atoms with Gasteiger partial charge in [-0.1, -0.05) is 12.8 Å². The number of nitrogens with one attached hydrogen (secondary N) is 1. The summed E-state index contributed by atoms with van der Waals surface area (Å²) < 4.78 is 0. The van der Waals surface area contributed by atoms with Crippen LogP contribution in [0.3, 0.4) is 0 Å². The van der Waals surface area contributed by atoms with E-state index in [4.69, 9.17) is 5.73 Å². The summed E-state index contributed by atoms with van der Waals surface area (Å²) in [6, 6.07) is 0. The molecule has 0 radical (unpaired) electrons. The second kappa shape index (κ2) is 5.12. The molecule has 1 fully saturated rings. The van der Waals surface area contributed by atoms with Crippen LogP contribution in [0.25, 0.3) is 0 Å². The standard InChI is InChI=1S/C11H18N4O/c12-9-6-14-11(15-7-9)13-5-8-3-1-2-4-10(8)16/h6-8,10,16H,1-5,12H2,(H,13,14,15). The number of nitrogens with two attached hydrogens (primary N) is 1. The number of aliphatic hydroxyl groups is 1. The summed E-state index contributed by atoms with van der Waals surface area (Å²) in [4.78, 5) is 8.12. The lowest BCUT2D eigenvalue weighted by atomic mass is 9.86. The minimum absolute atomic E-state index is 0.185. The lowest BCUT2D eigenvalue weighted by Gasteiger charge is -2.27. The molecule has 5 nitrogen and oxygen atoms in total. The molecule has 5 heteroatoms. The molecule has 0 aromatic carbocycles. The van der Waals surface area contributed by atoms with Gasteiger partial charge in [-0.15, -0.1) is 0 Å². The van der Waals surface area contributed by atoms with E-state index in [-0.39, 0.29) is 6.10 Å². The molecule has 2 rings (SSSR count). The SMILES string of the molecule is Nc1cnc(NCC2CCCCC2O)nc1. The molecule has 1 saturated carbocycles. The van der Waals surface area contributed by atoms with E-state index in [9.17, 15) is 5.11 Å². The van der Waals surface area contributed by atoms with Gasteiger partial charge in [0.25, 0.3) is 0 Å². The molecule has 1 aliphatic carbocycles. The number of anilines is 2. The number of nitrogens with zero attached hydrogens (tertiary/aromatic N) is 2. The van der Waals surface area contributed by atoms with Crippen molar-refractivity contribution < 1.29 is 5.11 Å². The topological polar surface area (TPSA) is 84.1 Å². The van der Waals surface area contributed by atoms with E-state index in [0.29, 0.717) is 17.6 Å². The molecule has 0 saturated heterocycles. The molecule has 0 aliphatic heterocycles. The first-order chi connectivity index (χ1) is 7.75. The second-order valence-corrected chi connectivity index (χ2v) is 4.33. The largest absolute Gasteiger partial charge is 0.396 e. The summed E-state index contributed by atoms with van der Waals surface area (Å²) in [7, 11) is 0. The Hall–Kier alpha value is -1.36. The summed E-state index contributed by atoms with van der Waals surface area (Å²) in [6.07, 6.45) is 7.29. The Morgan fingerprint density at radius 1 is 1.31 bits per heavy atom. The molecule has 1 aromatic heterocycles. The van der Waals surface area contributed by atoms with Gasteiger partial charge in [0.2, 0.25) is 5.95 Å². The van der Waals surface area contributed by atoms with Crippen molar-refractivity contribution in [2.75, 3.05) is 17.6 Å². The number of hydrogen-bond acceptors (Lipinski definition) is 5. The number of hydrogen-bond donors (Lipinski definition) is 3. The Bertz CT molecular complexity index is 327. The average Bonchev–Trinajstić information content (AvgIpc) is 2.30. The van der Waals surface area contributed by atoms with Crippen LogP contribution in [0, 0.1) is 5.92 Å². The van der Waals surface area contributed by atoms with Gasteiger partial charge in [-0.25, -0.2) is 9.97 Å². The number of aromatic nitrogens is 2. The maximum atomic E-state index is 9.79. The first-order valence-corrected chi connectivity index (χ1v) is 5.75. The van der Waals surface area contributed by atoms with Crippen LogP contribution in [0.4, 0.5) is 11.6 Å². The third kappa shape index (κ3) is 2.82. The van der Waals surface area contributed by atoms with Crippen molar-refractivity contribution in [2.24, 2.45) is 5.92 Å². The third-order valence-corrected chi connectivity index (χ3v) is 3.06. The summed E-state index contributed by atoms with van der Waals surface area (Å²) in [5, 5.41) is 12.9. The zero-order chi connectivity index (χ0) is 11.4. The molecule has 16 heavy (non-hydrogen) atoms. The van der Waals surface area contributed by atoms with E-state index in [2.05, 4.69) is 15.3 Å². The number of rotatable bonds is 3. The van der Waals surface area contributed by atoms with Gasteiger partial charge in [-0.2, -0.15) is 0 Å². The van der Waals surface area contributed by atoms with Gasteiger partial charge in [0.1, 0.15) is 0 Å². The molecule has 0 spiro atoms. The number of aliphatic hydroxyl groups excluding tert-OH is 1. The molecule has 2 unspecified atom stereocenters. The fraction of sp³-hybridized carbons (Fsp3) is 0.636. The fourth-order valence-corrected chi connectivity index (χ4v) is 2.08. The van der Waals surface area contributed by atoms with Crippen molar-refractivity contribution in [3.05, 3.63) is 12.4 Å². The van der Waals surface area contributed by atoms with E-state index < -0.39 is 0 Å². The number of nitrogen functional groups attached to an aromatic ring is 1. The predicted octanol–water partition coefficient (Wildman–Crippen LogP) is 1.02. The van der Waals surface area contributed by atoms with Crippen molar-refractivity contribution in [1.29, 1.82) is 0 Å². The van der Waals surface area contributed by atoms with E-state index in [1.165, 1.54) is 6.42 Å². The van der Waals surface area contributed by atoms with Crippen molar-refractivity contribution in [3.63, 3.8) is 0 Å². The van der Waals surface area contributed by atoms with Crippen molar-refractivity contribution in [2.45, 2.75) is 31.8 Å². The average molecular weight is 222 g/mol. The second-order valence-electron chi connectivity index (χ2n) is 4.33. The van der Waals surface area contributed by atoms with Crippen LogP contribution in [0.15, 0.2) is 12.4 Å². The highest BCUT2D eigenvalue weighted by molar-refractivity contribution is 5.35. The normalized spacial score (nSPS) is 25.3. The van der Waals surface area contributed by atoms with Crippen LogP contribution in [0.2, 0.25) is 0 Å². The zero-order valence-electron chi connectivity index (χ0n) is 9.26. The van der Waals surface area contributed by atoms with Crippen molar-refractivity contribution in [1.82, 2.24) is 9.97 Å².